The molecule has 1 heterocycles. The molecule has 0 amide bonds. The molecule has 3 rings (SSSR count). The van der Waals surface area contributed by atoms with Crippen molar-refractivity contribution in [1.82, 2.24) is 4.90 Å². The highest BCUT2D eigenvalue weighted by atomic mass is 79.9. The Balaban J connectivity index is 0.00000176. The van der Waals surface area contributed by atoms with E-state index in [1.165, 1.54) is 36.8 Å². The van der Waals surface area contributed by atoms with Gasteiger partial charge in [0.1, 0.15) is 5.75 Å². The number of allylic oxidation sites excluding steroid dienone is 1. The summed E-state index contributed by atoms with van der Waals surface area (Å²) in [7, 11) is 0. The van der Waals surface area contributed by atoms with E-state index in [0.717, 1.165) is 6.54 Å². The van der Waals surface area contributed by atoms with Gasteiger partial charge in [0.05, 0.1) is 0 Å². The third kappa shape index (κ3) is 2.98. The minimum Gasteiger partial charge on any atom is -0.508 e. The smallest absolute Gasteiger partial charge is 0.115 e. The number of rotatable bonds is 3. The molecule has 122 valence electrons. The van der Waals surface area contributed by atoms with Crippen LogP contribution in [0.25, 0.3) is 0 Å². The van der Waals surface area contributed by atoms with Crippen molar-refractivity contribution in [3.8, 4) is 5.75 Å². The van der Waals surface area contributed by atoms with Gasteiger partial charge in [-0.1, -0.05) is 30.2 Å². The lowest BCUT2D eigenvalue weighted by Gasteiger charge is -2.36. The standard InChI is InChI=1S/C19H27NO.BrH/c1-14(2)9-11-20-15(3)19(10-5-7-17(20)13-19)16-6-4-8-18(21)12-16;/h4,6,8-9,12,15,17,21H,5,7,10-11,13H2,1-3H3;1H. The first-order chi connectivity index (χ1) is 10.0. The van der Waals surface area contributed by atoms with Crippen LogP contribution in [-0.4, -0.2) is 28.6 Å². The zero-order chi connectivity index (χ0) is 15.0. The maximum Gasteiger partial charge on any atom is 0.115 e. The van der Waals surface area contributed by atoms with E-state index in [1.807, 2.05) is 12.1 Å². The Morgan fingerprint density at radius 3 is 2.86 bits per heavy atom. The molecule has 1 aliphatic heterocycles. The molecule has 2 bridgehead atoms. The van der Waals surface area contributed by atoms with Crippen LogP contribution in [0.15, 0.2) is 35.9 Å². The first-order valence-corrected chi connectivity index (χ1v) is 8.21. The molecule has 2 aliphatic rings. The van der Waals surface area contributed by atoms with E-state index in [2.05, 4.69) is 37.8 Å². The lowest BCUT2D eigenvalue weighted by molar-refractivity contribution is 0.213. The highest BCUT2D eigenvalue weighted by Gasteiger charge is 2.52. The minimum atomic E-state index is 0. The van der Waals surface area contributed by atoms with Crippen LogP contribution in [0.2, 0.25) is 0 Å². The maximum absolute atomic E-state index is 9.87. The number of nitrogens with zero attached hydrogens (tertiary/aromatic N) is 1. The van der Waals surface area contributed by atoms with Gasteiger partial charge in [-0.05, 0) is 57.7 Å². The molecule has 0 spiro atoms. The molecule has 0 radical (unpaired) electrons. The second-order valence-corrected chi connectivity index (χ2v) is 7.11. The second kappa shape index (κ2) is 6.76. The highest BCUT2D eigenvalue weighted by molar-refractivity contribution is 8.93. The van der Waals surface area contributed by atoms with Gasteiger partial charge in [-0.25, -0.2) is 0 Å². The fourth-order valence-electron chi connectivity index (χ4n) is 4.49. The van der Waals surface area contributed by atoms with Crippen LogP contribution >= 0.6 is 17.0 Å². The highest BCUT2D eigenvalue weighted by Crippen LogP contribution is 2.51. The molecule has 0 aromatic heterocycles. The van der Waals surface area contributed by atoms with Crippen LogP contribution in [0.1, 0.15) is 52.0 Å². The van der Waals surface area contributed by atoms with E-state index in [-0.39, 0.29) is 22.4 Å². The number of likely N-dealkylation sites (tertiary alicyclic amines) is 1. The van der Waals surface area contributed by atoms with Gasteiger partial charge in [0.2, 0.25) is 0 Å². The van der Waals surface area contributed by atoms with Crippen molar-refractivity contribution in [2.24, 2.45) is 0 Å². The van der Waals surface area contributed by atoms with Crippen LogP contribution in [-0.2, 0) is 5.41 Å². The molecule has 3 heteroatoms. The van der Waals surface area contributed by atoms with E-state index >= 15 is 0 Å². The van der Waals surface area contributed by atoms with E-state index in [9.17, 15) is 5.11 Å². The fourth-order valence-corrected chi connectivity index (χ4v) is 4.49. The molecule has 22 heavy (non-hydrogen) atoms. The average molecular weight is 366 g/mol. The van der Waals surface area contributed by atoms with Gasteiger partial charge in [-0.15, -0.1) is 17.0 Å². The molecular formula is C19H28BrNO. The maximum atomic E-state index is 9.87. The summed E-state index contributed by atoms with van der Waals surface area (Å²) in [6, 6.07) is 9.22. The number of hydrogen-bond donors (Lipinski definition) is 1. The van der Waals surface area contributed by atoms with Crippen molar-refractivity contribution < 1.29 is 5.11 Å². The monoisotopic (exact) mass is 365 g/mol. The third-order valence-electron chi connectivity index (χ3n) is 5.66. The number of phenols is 1. The molecule has 3 atom stereocenters. The summed E-state index contributed by atoms with van der Waals surface area (Å²) in [6.07, 6.45) is 7.47. The van der Waals surface area contributed by atoms with Crippen molar-refractivity contribution in [1.29, 1.82) is 0 Å². The summed E-state index contributed by atoms with van der Waals surface area (Å²) in [4.78, 5) is 2.68. The van der Waals surface area contributed by atoms with Crippen molar-refractivity contribution in [3.05, 3.63) is 41.5 Å². The Bertz CT molecular complexity index is 552. The number of phenolic OH excluding ortho intramolecular Hbond substituents is 1. The molecule has 2 fully saturated rings. The van der Waals surface area contributed by atoms with Crippen molar-refractivity contribution in [2.75, 3.05) is 6.54 Å². The van der Waals surface area contributed by atoms with Crippen molar-refractivity contribution in [2.45, 2.75) is 64.0 Å². The largest absolute Gasteiger partial charge is 0.508 e. The third-order valence-corrected chi connectivity index (χ3v) is 5.66. The van der Waals surface area contributed by atoms with Crippen molar-refractivity contribution in [3.63, 3.8) is 0 Å². The summed E-state index contributed by atoms with van der Waals surface area (Å²) < 4.78 is 0. The van der Waals surface area contributed by atoms with Gasteiger partial charge in [-0.3, -0.25) is 4.90 Å². The van der Waals surface area contributed by atoms with Crippen LogP contribution in [0, 0.1) is 0 Å². The summed E-state index contributed by atoms with van der Waals surface area (Å²) in [5.74, 6) is 0.402. The van der Waals surface area contributed by atoms with Gasteiger partial charge in [0.15, 0.2) is 0 Å². The predicted molar refractivity (Wildman–Crippen MR) is 98.0 cm³/mol. The summed E-state index contributed by atoms with van der Waals surface area (Å²) in [6.45, 7) is 7.80. The Labute approximate surface area is 145 Å². The number of fused-ring (bicyclic) bond motifs is 2. The van der Waals surface area contributed by atoms with E-state index in [0.29, 0.717) is 17.8 Å². The van der Waals surface area contributed by atoms with E-state index in [4.69, 9.17) is 0 Å². The van der Waals surface area contributed by atoms with E-state index < -0.39 is 0 Å². The molecule has 2 nitrogen and oxygen atoms in total. The summed E-state index contributed by atoms with van der Waals surface area (Å²) in [5, 5.41) is 9.87. The number of aromatic hydroxyl groups is 1. The molecule has 1 aromatic carbocycles. The lowest BCUT2D eigenvalue weighted by Crippen LogP contribution is -2.40. The van der Waals surface area contributed by atoms with Gasteiger partial charge in [-0.2, -0.15) is 0 Å². The Hall–Kier alpha value is -0.800. The molecule has 1 saturated carbocycles. The van der Waals surface area contributed by atoms with Gasteiger partial charge in [0.25, 0.3) is 0 Å². The van der Waals surface area contributed by atoms with Crippen LogP contribution < -0.4 is 0 Å². The number of hydrogen-bond acceptors (Lipinski definition) is 2. The summed E-state index contributed by atoms with van der Waals surface area (Å²) in [5.41, 5.74) is 2.96. The molecule has 1 aliphatic carbocycles. The SMILES string of the molecule is Br.CC(C)=CCN1C2CCCC(c3cccc(O)c3)(C2)C1C. The number of benzene rings is 1. The Morgan fingerprint density at radius 2 is 2.18 bits per heavy atom. The molecular weight excluding hydrogens is 338 g/mol. The van der Waals surface area contributed by atoms with Gasteiger partial charge >= 0.3 is 0 Å². The molecule has 1 N–H and O–H groups in total. The zero-order valence-electron chi connectivity index (χ0n) is 13.9. The topological polar surface area (TPSA) is 23.5 Å². The first-order valence-electron chi connectivity index (χ1n) is 8.21. The van der Waals surface area contributed by atoms with Gasteiger partial charge < -0.3 is 5.11 Å². The Morgan fingerprint density at radius 1 is 1.41 bits per heavy atom. The van der Waals surface area contributed by atoms with Crippen molar-refractivity contribution >= 4 is 17.0 Å². The van der Waals surface area contributed by atoms with Crippen LogP contribution in [0.4, 0.5) is 0 Å². The second-order valence-electron chi connectivity index (χ2n) is 7.11. The molecule has 3 unspecified atom stereocenters. The minimum absolute atomic E-state index is 0. The van der Waals surface area contributed by atoms with Gasteiger partial charge in [0, 0.05) is 24.0 Å². The van der Waals surface area contributed by atoms with E-state index in [1.54, 1.807) is 6.07 Å². The zero-order valence-corrected chi connectivity index (χ0v) is 15.6. The Kier molecular flexibility index (Phi) is 5.39. The molecule has 1 saturated heterocycles. The average Bonchev–Trinajstić information content (AvgIpc) is 2.65. The predicted octanol–water partition coefficient (Wildman–Crippen LogP) is 4.82. The summed E-state index contributed by atoms with van der Waals surface area (Å²) >= 11 is 0. The first kappa shape index (κ1) is 17.6. The fraction of sp³-hybridized carbons (Fsp3) is 0.579. The normalized spacial score (nSPS) is 30.7. The van der Waals surface area contributed by atoms with Crippen LogP contribution in [0.3, 0.4) is 0 Å². The number of halogens is 1. The van der Waals surface area contributed by atoms with Crippen LogP contribution in [0.5, 0.6) is 5.75 Å². The lowest BCUT2D eigenvalue weighted by atomic mass is 9.67. The molecule has 1 aromatic rings. The quantitative estimate of drug-likeness (QED) is 0.776.